The van der Waals surface area contributed by atoms with Gasteiger partial charge in [-0.2, -0.15) is 0 Å². The van der Waals surface area contributed by atoms with Crippen molar-refractivity contribution in [1.82, 2.24) is 0 Å². The van der Waals surface area contributed by atoms with Crippen LogP contribution in [-0.4, -0.2) is 17.7 Å². The van der Waals surface area contributed by atoms with Crippen LogP contribution in [0.1, 0.15) is 19.4 Å². The molecule has 1 aromatic rings. The maximum atomic E-state index is 11.8. The Balaban J connectivity index is 2.26. The smallest absolute Gasteiger partial charge is 0.350 e. The van der Waals surface area contributed by atoms with Gasteiger partial charge in [-0.05, 0) is 24.6 Å². The van der Waals surface area contributed by atoms with Gasteiger partial charge in [-0.3, -0.25) is 0 Å². The van der Waals surface area contributed by atoms with Gasteiger partial charge in [-0.15, -0.1) is 0 Å². The standard InChI is InChI=1S/C14H13BrClNO4/c1-7-4-8(15)5-10(16)11(7)17-6-9-12(18)20-14(2,3)21-13(9)19/h4-6,17H,1-3H3. The van der Waals surface area contributed by atoms with Crippen LogP contribution in [0.5, 0.6) is 0 Å². The third-order valence-corrected chi connectivity index (χ3v) is 3.49. The van der Waals surface area contributed by atoms with Crippen LogP contribution < -0.4 is 5.32 Å². The van der Waals surface area contributed by atoms with Crippen molar-refractivity contribution >= 4 is 45.2 Å². The number of hydrogen-bond donors (Lipinski definition) is 1. The first-order valence-electron chi connectivity index (χ1n) is 6.08. The van der Waals surface area contributed by atoms with Crippen molar-refractivity contribution in [3.05, 3.63) is 39.0 Å². The SMILES string of the molecule is Cc1cc(Br)cc(Cl)c1NC=C1C(=O)OC(C)(C)OC1=O. The van der Waals surface area contributed by atoms with Gasteiger partial charge in [0.2, 0.25) is 0 Å². The maximum absolute atomic E-state index is 11.8. The Bertz CT molecular complexity index is 609. The molecule has 0 saturated carbocycles. The number of ether oxygens (including phenoxy) is 2. The van der Waals surface area contributed by atoms with Gasteiger partial charge in [0.15, 0.2) is 5.57 Å². The molecule has 1 heterocycles. The van der Waals surface area contributed by atoms with Gasteiger partial charge in [0.05, 0.1) is 10.7 Å². The van der Waals surface area contributed by atoms with Gasteiger partial charge in [-0.25, -0.2) is 9.59 Å². The fourth-order valence-corrected chi connectivity index (χ4v) is 2.83. The second-order valence-corrected chi connectivity index (χ2v) is 6.28. The molecular formula is C14H13BrClNO4. The van der Waals surface area contributed by atoms with Gasteiger partial charge < -0.3 is 14.8 Å². The summed E-state index contributed by atoms with van der Waals surface area (Å²) in [6.45, 7) is 4.82. The van der Waals surface area contributed by atoms with E-state index in [1.165, 1.54) is 20.0 Å². The molecule has 0 aliphatic carbocycles. The summed E-state index contributed by atoms with van der Waals surface area (Å²) in [5.74, 6) is -2.74. The monoisotopic (exact) mass is 373 g/mol. The van der Waals surface area contributed by atoms with Crippen molar-refractivity contribution in [2.24, 2.45) is 0 Å². The summed E-state index contributed by atoms with van der Waals surface area (Å²) in [6, 6.07) is 3.56. The first kappa shape index (κ1) is 15.9. The Morgan fingerprint density at radius 2 is 1.81 bits per heavy atom. The summed E-state index contributed by atoms with van der Waals surface area (Å²) in [7, 11) is 0. The Hall–Kier alpha value is -1.53. The Labute approximate surface area is 135 Å². The predicted octanol–water partition coefficient (Wildman–Crippen LogP) is 3.54. The van der Waals surface area contributed by atoms with E-state index < -0.39 is 17.7 Å². The van der Waals surface area contributed by atoms with E-state index in [0.29, 0.717) is 10.7 Å². The van der Waals surface area contributed by atoms with Crippen molar-refractivity contribution in [1.29, 1.82) is 0 Å². The minimum absolute atomic E-state index is 0.215. The number of nitrogens with one attached hydrogen (secondary N) is 1. The van der Waals surface area contributed by atoms with E-state index in [2.05, 4.69) is 21.2 Å². The number of benzene rings is 1. The predicted molar refractivity (Wildman–Crippen MR) is 81.9 cm³/mol. The number of cyclic esters (lactones) is 2. The Kier molecular flexibility index (Phi) is 4.30. The lowest BCUT2D eigenvalue weighted by Crippen LogP contribution is -2.42. The van der Waals surface area contributed by atoms with Crippen LogP contribution >= 0.6 is 27.5 Å². The van der Waals surface area contributed by atoms with E-state index in [1.807, 2.05) is 13.0 Å². The molecule has 0 amide bonds. The fourth-order valence-electron chi connectivity index (χ4n) is 1.81. The van der Waals surface area contributed by atoms with Crippen molar-refractivity contribution in [2.45, 2.75) is 26.6 Å². The van der Waals surface area contributed by atoms with Crippen LogP contribution in [0, 0.1) is 6.92 Å². The molecule has 0 spiro atoms. The molecule has 1 aromatic carbocycles. The average molecular weight is 375 g/mol. The molecule has 0 bridgehead atoms. The van der Waals surface area contributed by atoms with Crippen molar-refractivity contribution in [3.63, 3.8) is 0 Å². The average Bonchev–Trinajstić information content (AvgIpc) is 2.29. The third-order valence-electron chi connectivity index (χ3n) is 2.73. The van der Waals surface area contributed by atoms with Crippen LogP contribution in [0.2, 0.25) is 5.02 Å². The molecule has 1 saturated heterocycles. The van der Waals surface area contributed by atoms with Gasteiger partial charge in [-0.1, -0.05) is 27.5 Å². The molecule has 112 valence electrons. The van der Waals surface area contributed by atoms with Crippen molar-refractivity contribution < 1.29 is 19.1 Å². The molecule has 1 fully saturated rings. The van der Waals surface area contributed by atoms with E-state index in [9.17, 15) is 9.59 Å². The zero-order valence-corrected chi connectivity index (χ0v) is 14.0. The highest BCUT2D eigenvalue weighted by atomic mass is 79.9. The summed E-state index contributed by atoms with van der Waals surface area (Å²) < 4.78 is 10.8. The number of carbonyl (C=O) groups excluding carboxylic acids is 2. The number of aryl methyl sites for hydroxylation is 1. The molecule has 2 rings (SSSR count). The molecule has 0 radical (unpaired) electrons. The van der Waals surface area contributed by atoms with Crippen LogP contribution in [0.15, 0.2) is 28.4 Å². The van der Waals surface area contributed by atoms with Gasteiger partial charge in [0.25, 0.3) is 5.79 Å². The lowest BCUT2D eigenvalue weighted by Gasteiger charge is -2.29. The highest BCUT2D eigenvalue weighted by Crippen LogP contribution is 2.30. The molecule has 21 heavy (non-hydrogen) atoms. The highest BCUT2D eigenvalue weighted by molar-refractivity contribution is 9.10. The molecule has 0 aromatic heterocycles. The summed E-state index contributed by atoms with van der Waals surface area (Å²) in [4.78, 5) is 23.6. The van der Waals surface area contributed by atoms with Crippen LogP contribution in [0.3, 0.4) is 0 Å². The van der Waals surface area contributed by atoms with Crippen molar-refractivity contribution in [2.75, 3.05) is 5.32 Å². The lowest BCUT2D eigenvalue weighted by molar-refractivity contribution is -0.222. The number of halogens is 2. The quantitative estimate of drug-likeness (QED) is 0.487. The maximum Gasteiger partial charge on any atom is 0.350 e. The number of rotatable bonds is 2. The number of hydrogen-bond acceptors (Lipinski definition) is 5. The second kappa shape index (κ2) is 5.69. The first-order valence-corrected chi connectivity index (χ1v) is 7.26. The summed E-state index contributed by atoms with van der Waals surface area (Å²) in [6.07, 6.45) is 1.24. The Morgan fingerprint density at radius 3 is 2.33 bits per heavy atom. The van der Waals surface area contributed by atoms with E-state index >= 15 is 0 Å². The van der Waals surface area contributed by atoms with Crippen LogP contribution in [-0.2, 0) is 19.1 Å². The van der Waals surface area contributed by atoms with E-state index in [1.54, 1.807) is 6.07 Å². The molecule has 1 N–H and O–H groups in total. The molecule has 0 unspecified atom stereocenters. The second-order valence-electron chi connectivity index (χ2n) is 4.96. The molecule has 1 aliphatic heterocycles. The lowest BCUT2D eigenvalue weighted by atomic mass is 10.2. The zero-order chi connectivity index (χ0) is 15.8. The van der Waals surface area contributed by atoms with Gasteiger partial charge >= 0.3 is 11.9 Å². The number of carbonyl (C=O) groups is 2. The number of esters is 2. The summed E-state index contributed by atoms with van der Waals surface area (Å²) in [5.41, 5.74) is 1.23. The first-order chi connectivity index (χ1) is 9.69. The van der Waals surface area contributed by atoms with Crippen LogP contribution in [0.4, 0.5) is 5.69 Å². The molecular weight excluding hydrogens is 362 g/mol. The zero-order valence-electron chi connectivity index (χ0n) is 11.6. The van der Waals surface area contributed by atoms with Crippen LogP contribution in [0.25, 0.3) is 0 Å². The molecule has 0 atom stereocenters. The van der Waals surface area contributed by atoms with E-state index in [0.717, 1.165) is 10.0 Å². The minimum atomic E-state index is -1.25. The topological polar surface area (TPSA) is 64.6 Å². The molecule has 7 heteroatoms. The normalized spacial score (nSPS) is 17.1. The Morgan fingerprint density at radius 1 is 1.24 bits per heavy atom. The van der Waals surface area contributed by atoms with Crippen molar-refractivity contribution in [3.8, 4) is 0 Å². The summed E-state index contributed by atoms with van der Waals surface area (Å²) in [5, 5.41) is 3.31. The minimum Gasteiger partial charge on any atom is -0.419 e. The van der Waals surface area contributed by atoms with E-state index in [4.69, 9.17) is 21.1 Å². The van der Waals surface area contributed by atoms with E-state index in [-0.39, 0.29) is 5.57 Å². The van der Waals surface area contributed by atoms with Gasteiger partial charge in [0.1, 0.15) is 0 Å². The third kappa shape index (κ3) is 3.57. The van der Waals surface area contributed by atoms with Gasteiger partial charge in [0, 0.05) is 24.5 Å². The fraction of sp³-hybridized carbons (Fsp3) is 0.286. The molecule has 5 nitrogen and oxygen atoms in total. The summed E-state index contributed by atoms with van der Waals surface area (Å²) >= 11 is 9.45. The molecule has 1 aliphatic rings. The highest BCUT2D eigenvalue weighted by Gasteiger charge is 2.38. The largest absolute Gasteiger partial charge is 0.419 e. The number of anilines is 1.